The monoisotopic (exact) mass is 310 g/mol. The zero-order valence-corrected chi connectivity index (χ0v) is 14.5. The third-order valence-electron chi connectivity index (χ3n) is 5.02. The number of fused-ring (bicyclic) bond motifs is 1. The molecule has 0 aliphatic carbocycles. The first-order valence-electron chi connectivity index (χ1n) is 8.40. The fraction of sp³-hybridized carbons (Fsp3) is 0.450. The molecule has 1 N–H and O–H groups in total. The van der Waals surface area contributed by atoms with Gasteiger partial charge in [0.25, 0.3) is 0 Å². The normalized spacial score (nSPS) is 19.6. The highest BCUT2D eigenvalue weighted by molar-refractivity contribution is 6.01. The lowest BCUT2D eigenvalue weighted by Gasteiger charge is -2.52. The van der Waals surface area contributed by atoms with Crippen LogP contribution in [-0.2, 0) is 0 Å². The number of likely N-dealkylation sites (tertiary alicyclic amines) is 1. The van der Waals surface area contributed by atoms with Crippen molar-refractivity contribution in [2.24, 2.45) is 0 Å². The van der Waals surface area contributed by atoms with E-state index in [-0.39, 0.29) is 17.1 Å². The Morgan fingerprint density at radius 2 is 1.57 bits per heavy atom. The Balaban J connectivity index is 1.94. The minimum Gasteiger partial charge on any atom is -0.314 e. The first kappa shape index (κ1) is 15.9. The summed E-state index contributed by atoms with van der Waals surface area (Å²) in [6.07, 6.45) is 3.25. The van der Waals surface area contributed by atoms with Gasteiger partial charge >= 0.3 is 6.03 Å². The summed E-state index contributed by atoms with van der Waals surface area (Å²) in [6.45, 7) is 8.65. The molecule has 3 heteroatoms. The highest BCUT2D eigenvalue weighted by Gasteiger charge is 2.44. The van der Waals surface area contributed by atoms with Crippen LogP contribution in [0.15, 0.2) is 42.5 Å². The summed E-state index contributed by atoms with van der Waals surface area (Å²) in [4.78, 5) is 15.1. The van der Waals surface area contributed by atoms with Gasteiger partial charge < -0.3 is 10.2 Å². The molecule has 23 heavy (non-hydrogen) atoms. The molecule has 2 amide bonds. The van der Waals surface area contributed by atoms with Gasteiger partial charge in [-0.2, -0.15) is 0 Å². The predicted octanol–water partition coefficient (Wildman–Crippen LogP) is 5.41. The second-order valence-electron chi connectivity index (χ2n) is 7.77. The maximum Gasteiger partial charge on any atom is 0.322 e. The molecule has 0 atom stereocenters. The average Bonchev–Trinajstić information content (AvgIpc) is 2.45. The average molecular weight is 310 g/mol. The number of benzene rings is 2. The van der Waals surface area contributed by atoms with Crippen molar-refractivity contribution in [1.29, 1.82) is 0 Å². The van der Waals surface area contributed by atoms with Crippen molar-refractivity contribution in [1.82, 2.24) is 4.90 Å². The number of piperidine rings is 1. The van der Waals surface area contributed by atoms with Gasteiger partial charge in [0.15, 0.2) is 0 Å². The molecule has 1 aliphatic heterocycles. The molecule has 1 fully saturated rings. The Kier molecular flexibility index (Phi) is 3.83. The van der Waals surface area contributed by atoms with E-state index in [1.807, 2.05) is 29.2 Å². The van der Waals surface area contributed by atoms with Gasteiger partial charge in [-0.3, -0.25) is 0 Å². The van der Waals surface area contributed by atoms with E-state index in [4.69, 9.17) is 0 Å². The van der Waals surface area contributed by atoms with Crippen LogP contribution in [0.2, 0.25) is 0 Å². The number of amides is 2. The maximum absolute atomic E-state index is 13.1. The van der Waals surface area contributed by atoms with Crippen LogP contribution in [0.5, 0.6) is 0 Å². The van der Waals surface area contributed by atoms with E-state index in [0.717, 1.165) is 35.7 Å². The number of urea groups is 1. The molecular formula is C20H26N2O. The highest BCUT2D eigenvalue weighted by atomic mass is 16.2. The van der Waals surface area contributed by atoms with Crippen molar-refractivity contribution in [2.45, 2.75) is 58.0 Å². The van der Waals surface area contributed by atoms with Crippen LogP contribution in [0.1, 0.15) is 47.0 Å². The number of rotatable bonds is 1. The van der Waals surface area contributed by atoms with Gasteiger partial charge in [-0.25, -0.2) is 4.79 Å². The van der Waals surface area contributed by atoms with Crippen molar-refractivity contribution in [3.05, 3.63) is 42.5 Å². The summed E-state index contributed by atoms with van der Waals surface area (Å²) < 4.78 is 0. The molecule has 3 nitrogen and oxygen atoms in total. The molecule has 3 rings (SSSR count). The zero-order valence-electron chi connectivity index (χ0n) is 14.5. The molecule has 1 saturated heterocycles. The summed E-state index contributed by atoms with van der Waals surface area (Å²) in [7, 11) is 0. The number of carbonyl (C=O) groups is 1. The van der Waals surface area contributed by atoms with Gasteiger partial charge in [0, 0.05) is 16.5 Å². The molecule has 0 aromatic heterocycles. The lowest BCUT2D eigenvalue weighted by Crippen LogP contribution is -2.62. The van der Waals surface area contributed by atoms with Crippen molar-refractivity contribution < 1.29 is 4.79 Å². The van der Waals surface area contributed by atoms with Crippen molar-refractivity contribution in [2.75, 3.05) is 5.32 Å². The van der Waals surface area contributed by atoms with E-state index >= 15 is 0 Å². The Morgan fingerprint density at radius 3 is 2.26 bits per heavy atom. The van der Waals surface area contributed by atoms with Crippen LogP contribution in [0.3, 0.4) is 0 Å². The van der Waals surface area contributed by atoms with Crippen LogP contribution in [0.4, 0.5) is 10.5 Å². The highest BCUT2D eigenvalue weighted by Crippen LogP contribution is 2.38. The number of nitrogens with zero attached hydrogens (tertiary/aromatic N) is 1. The largest absolute Gasteiger partial charge is 0.322 e. The Morgan fingerprint density at radius 1 is 0.957 bits per heavy atom. The fourth-order valence-corrected chi connectivity index (χ4v) is 4.05. The molecule has 2 aromatic rings. The van der Waals surface area contributed by atoms with Gasteiger partial charge in [0.05, 0.1) is 5.69 Å². The lowest BCUT2D eigenvalue weighted by molar-refractivity contribution is 0.0178. The summed E-state index contributed by atoms with van der Waals surface area (Å²) in [5.74, 6) is 0. The summed E-state index contributed by atoms with van der Waals surface area (Å²) >= 11 is 0. The Labute approximate surface area is 138 Å². The minimum absolute atomic E-state index is 0.00365. The summed E-state index contributed by atoms with van der Waals surface area (Å²) in [5.41, 5.74) is 0.623. The quantitative estimate of drug-likeness (QED) is 0.750. The lowest BCUT2D eigenvalue weighted by atomic mass is 9.80. The summed E-state index contributed by atoms with van der Waals surface area (Å²) in [6, 6.07) is 14.2. The molecule has 2 aromatic carbocycles. The molecule has 0 unspecified atom stereocenters. The molecule has 0 bridgehead atoms. The van der Waals surface area contributed by atoms with Crippen LogP contribution in [0.25, 0.3) is 10.8 Å². The van der Waals surface area contributed by atoms with E-state index in [2.05, 4.69) is 51.2 Å². The molecule has 0 radical (unpaired) electrons. The number of hydrogen-bond donors (Lipinski definition) is 1. The van der Waals surface area contributed by atoms with Crippen molar-refractivity contribution in [3.63, 3.8) is 0 Å². The number of carbonyl (C=O) groups excluding carboxylic acids is 1. The number of anilines is 1. The Bertz CT molecular complexity index is 712. The van der Waals surface area contributed by atoms with Gasteiger partial charge in [-0.05, 0) is 58.4 Å². The van der Waals surface area contributed by atoms with E-state index in [1.54, 1.807) is 0 Å². The summed E-state index contributed by atoms with van der Waals surface area (Å²) in [5, 5.41) is 5.37. The second-order valence-corrected chi connectivity index (χ2v) is 7.77. The topological polar surface area (TPSA) is 32.3 Å². The standard InChI is InChI=1S/C20H26N2O/c1-19(2)13-8-14-20(3,4)22(19)18(23)21-17-12-7-10-15-9-5-6-11-16(15)17/h5-7,9-12H,8,13-14H2,1-4H3,(H,21,23). The predicted molar refractivity (Wildman–Crippen MR) is 96.8 cm³/mol. The van der Waals surface area contributed by atoms with Crippen LogP contribution in [0, 0.1) is 0 Å². The first-order valence-corrected chi connectivity index (χ1v) is 8.40. The van der Waals surface area contributed by atoms with Crippen LogP contribution in [-0.4, -0.2) is 22.0 Å². The van der Waals surface area contributed by atoms with Crippen LogP contribution < -0.4 is 5.32 Å². The Hall–Kier alpha value is -2.03. The van der Waals surface area contributed by atoms with E-state index in [1.165, 1.54) is 0 Å². The molecule has 0 spiro atoms. The second kappa shape index (κ2) is 5.55. The molecule has 0 saturated carbocycles. The molecular weight excluding hydrogens is 284 g/mol. The minimum atomic E-state index is -0.129. The van der Waals surface area contributed by atoms with Crippen molar-refractivity contribution >= 4 is 22.5 Å². The van der Waals surface area contributed by atoms with Gasteiger partial charge in [-0.15, -0.1) is 0 Å². The smallest absolute Gasteiger partial charge is 0.314 e. The van der Waals surface area contributed by atoms with E-state index in [0.29, 0.717) is 0 Å². The van der Waals surface area contributed by atoms with Crippen LogP contribution >= 0.6 is 0 Å². The molecule has 1 aliphatic rings. The number of hydrogen-bond acceptors (Lipinski definition) is 1. The maximum atomic E-state index is 13.1. The zero-order chi connectivity index (χ0) is 16.7. The molecule has 1 heterocycles. The van der Waals surface area contributed by atoms with Crippen molar-refractivity contribution in [3.8, 4) is 0 Å². The third-order valence-corrected chi connectivity index (χ3v) is 5.02. The SMILES string of the molecule is CC1(C)CCCC(C)(C)N1C(=O)Nc1cccc2ccccc12. The van der Waals surface area contributed by atoms with Gasteiger partial charge in [-0.1, -0.05) is 36.4 Å². The third kappa shape index (κ3) is 2.92. The van der Waals surface area contributed by atoms with Gasteiger partial charge in [0.1, 0.15) is 0 Å². The van der Waals surface area contributed by atoms with E-state index in [9.17, 15) is 4.79 Å². The molecule has 122 valence electrons. The van der Waals surface area contributed by atoms with E-state index < -0.39 is 0 Å². The first-order chi connectivity index (χ1) is 10.8. The fourth-order valence-electron chi connectivity index (χ4n) is 4.05. The number of nitrogens with one attached hydrogen (secondary N) is 1. The van der Waals surface area contributed by atoms with Gasteiger partial charge in [0.2, 0.25) is 0 Å².